The van der Waals surface area contributed by atoms with Gasteiger partial charge in [-0.2, -0.15) is 0 Å². The standard InChI is InChI=1S/C22H27NO2/c1-13-3-6-16-17-11-15-18(24)7-8-19-20(15)22(16,21(13)25-19)9-10-23(17,2)12-14-4-5-14/h7-8,14,16-17,21H,1,3-6,9-12H2,2H3/p+1/t16?,17?,21?,22-,23-/m0/s1. The van der Waals surface area contributed by atoms with Gasteiger partial charge in [0.1, 0.15) is 17.6 Å². The molecule has 3 heteroatoms. The molecule has 3 aliphatic carbocycles. The summed E-state index contributed by atoms with van der Waals surface area (Å²) in [7, 11) is 2.50. The van der Waals surface area contributed by atoms with Gasteiger partial charge >= 0.3 is 0 Å². The van der Waals surface area contributed by atoms with Gasteiger partial charge in [-0.05, 0) is 43.4 Å². The third kappa shape index (κ3) is 1.66. The smallest absolute Gasteiger partial charge is 0.130 e. The maximum Gasteiger partial charge on any atom is 0.130 e. The molecule has 5 aliphatic rings. The summed E-state index contributed by atoms with van der Waals surface area (Å²) in [5.74, 6) is 3.13. The van der Waals surface area contributed by atoms with E-state index >= 15 is 0 Å². The number of likely N-dealkylation sites (tertiary alicyclic amines) is 1. The number of benzene rings is 1. The maximum absolute atomic E-state index is 10.7. The van der Waals surface area contributed by atoms with Crippen LogP contribution in [0.25, 0.3) is 0 Å². The fourth-order valence-corrected chi connectivity index (χ4v) is 7.06. The SMILES string of the molecule is C=C1CCC2C3Cc4c(O)ccc5c4[C@@]2(CC[N@@+]3(C)CC2CC2)C1O5. The van der Waals surface area contributed by atoms with Crippen LogP contribution in [-0.2, 0) is 11.8 Å². The van der Waals surface area contributed by atoms with Crippen molar-refractivity contribution in [2.24, 2.45) is 11.8 Å². The quantitative estimate of drug-likeness (QED) is 0.660. The highest BCUT2D eigenvalue weighted by Gasteiger charge is 2.68. The van der Waals surface area contributed by atoms with Gasteiger partial charge in [-0.15, -0.1) is 0 Å². The fourth-order valence-electron chi connectivity index (χ4n) is 7.06. The Balaban J connectivity index is 1.56. The first kappa shape index (κ1) is 14.7. The summed E-state index contributed by atoms with van der Waals surface area (Å²) < 4.78 is 7.70. The van der Waals surface area contributed by atoms with E-state index in [0.717, 1.165) is 24.5 Å². The predicted molar refractivity (Wildman–Crippen MR) is 96.8 cm³/mol. The Morgan fingerprint density at radius 3 is 2.96 bits per heavy atom. The molecule has 1 N–H and O–H groups in total. The molecule has 1 aromatic carbocycles. The Morgan fingerprint density at radius 1 is 1.32 bits per heavy atom. The van der Waals surface area contributed by atoms with Crippen LogP contribution in [0.5, 0.6) is 11.5 Å². The largest absolute Gasteiger partial charge is 0.508 e. The van der Waals surface area contributed by atoms with Crippen LogP contribution in [0, 0.1) is 11.8 Å². The highest BCUT2D eigenvalue weighted by atomic mass is 16.5. The first-order valence-electron chi connectivity index (χ1n) is 10.1. The molecule has 25 heavy (non-hydrogen) atoms. The van der Waals surface area contributed by atoms with Crippen LogP contribution < -0.4 is 4.74 Å². The number of hydrogen-bond donors (Lipinski definition) is 1. The van der Waals surface area contributed by atoms with E-state index in [4.69, 9.17) is 4.74 Å². The number of likely N-dealkylation sites (N-methyl/N-ethyl adjacent to an activating group) is 1. The number of hydrogen-bond acceptors (Lipinski definition) is 2. The molecule has 1 spiro atoms. The molecule has 2 bridgehead atoms. The molecule has 2 saturated carbocycles. The van der Waals surface area contributed by atoms with Crippen LogP contribution in [0.4, 0.5) is 0 Å². The van der Waals surface area contributed by atoms with Gasteiger partial charge in [-0.25, -0.2) is 0 Å². The first-order chi connectivity index (χ1) is 12.0. The van der Waals surface area contributed by atoms with E-state index < -0.39 is 0 Å². The Labute approximate surface area is 149 Å². The molecule has 1 saturated heterocycles. The number of aromatic hydroxyl groups is 1. The minimum Gasteiger partial charge on any atom is -0.508 e. The summed E-state index contributed by atoms with van der Waals surface area (Å²) in [6, 6.07) is 4.48. The molecule has 3 unspecified atom stereocenters. The van der Waals surface area contributed by atoms with Crippen molar-refractivity contribution in [3.63, 3.8) is 0 Å². The number of phenolic OH excluding ortho intramolecular Hbond substituents is 1. The molecule has 3 fully saturated rings. The molecule has 1 aromatic rings. The van der Waals surface area contributed by atoms with Crippen molar-refractivity contribution < 1.29 is 14.3 Å². The number of piperidine rings is 1. The highest BCUT2D eigenvalue weighted by molar-refractivity contribution is 5.60. The number of quaternary nitrogens is 1. The molecule has 0 aromatic heterocycles. The van der Waals surface area contributed by atoms with E-state index in [1.807, 2.05) is 12.1 Å². The predicted octanol–water partition coefficient (Wildman–Crippen LogP) is 3.54. The zero-order chi connectivity index (χ0) is 17.0. The normalized spacial score (nSPS) is 43.6. The summed E-state index contributed by atoms with van der Waals surface area (Å²) in [5, 5.41) is 10.7. The van der Waals surface area contributed by atoms with Crippen LogP contribution in [0.3, 0.4) is 0 Å². The monoisotopic (exact) mass is 338 g/mol. The number of ether oxygens (including phenoxy) is 1. The van der Waals surface area contributed by atoms with Gasteiger partial charge in [0.15, 0.2) is 0 Å². The first-order valence-corrected chi connectivity index (χ1v) is 10.1. The van der Waals surface area contributed by atoms with Crippen molar-refractivity contribution >= 4 is 0 Å². The van der Waals surface area contributed by atoms with Crippen molar-refractivity contribution in [1.82, 2.24) is 0 Å². The second-order valence-electron chi connectivity index (χ2n) is 9.63. The minimum atomic E-state index is 0.0863. The van der Waals surface area contributed by atoms with Crippen molar-refractivity contribution in [2.45, 2.75) is 56.1 Å². The van der Waals surface area contributed by atoms with Crippen molar-refractivity contribution in [1.29, 1.82) is 0 Å². The van der Waals surface area contributed by atoms with Crippen LogP contribution in [0.2, 0.25) is 0 Å². The van der Waals surface area contributed by atoms with E-state index in [-0.39, 0.29) is 11.5 Å². The lowest BCUT2D eigenvalue weighted by Gasteiger charge is -2.61. The minimum absolute atomic E-state index is 0.0863. The summed E-state index contributed by atoms with van der Waals surface area (Å²) in [4.78, 5) is 0. The van der Waals surface area contributed by atoms with Crippen molar-refractivity contribution in [3.05, 3.63) is 35.4 Å². The topological polar surface area (TPSA) is 29.5 Å². The summed E-state index contributed by atoms with van der Waals surface area (Å²) >= 11 is 0. The van der Waals surface area contributed by atoms with Crippen LogP contribution >= 0.6 is 0 Å². The Bertz CT molecular complexity index is 797. The van der Waals surface area contributed by atoms with Gasteiger partial charge in [0.25, 0.3) is 0 Å². The molecular weight excluding hydrogens is 310 g/mol. The second-order valence-corrected chi connectivity index (χ2v) is 9.63. The van der Waals surface area contributed by atoms with E-state index in [1.54, 1.807) is 0 Å². The Morgan fingerprint density at radius 2 is 2.16 bits per heavy atom. The molecule has 3 nitrogen and oxygen atoms in total. The van der Waals surface area contributed by atoms with Gasteiger partial charge in [-0.1, -0.05) is 6.58 Å². The van der Waals surface area contributed by atoms with Gasteiger partial charge < -0.3 is 14.3 Å². The molecule has 0 radical (unpaired) electrons. The number of rotatable bonds is 2. The van der Waals surface area contributed by atoms with Gasteiger partial charge in [0, 0.05) is 35.8 Å². The van der Waals surface area contributed by atoms with Crippen LogP contribution in [0.1, 0.15) is 43.2 Å². The van der Waals surface area contributed by atoms with Crippen molar-refractivity contribution in [3.8, 4) is 11.5 Å². The average Bonchev–Trinajstić information content (AvgIpc) is 3.32. The Kier molecular flexibility index (Phi) is 2.60. The summed E-state index contributed by atoms with van der Waals surface area (Å²) in [6.07, 6.45) is 7.54. The lowest BCUT2D eigenvalue weighted by molar-refractivity contribution is -0.946. The van der Waals surface area contributed by atoms with Crippen molar-refractivity contribution in [2.75, 3.05) is 20.1 Å². The molecular formula is C22H28NO2+. The summed E-state index contributed by atoms with van der Waals surface area (Å²) in [6.45, 7) is 6.98. The maximum atomic E-state index is 10.7. The third-order valence-electron chi connectivity index (χ3n) is 8.32. The van der Waals surface area contributed by atoms with E-state index in [2.05, 4.69) is 13.6 Å². The second kappa shape index (κ2) is 4.43. The molecule has 132 valence electrons. The third-order valence-corrected chi connectivity index (χ3v) is 8.32. The number of nitrogens with zero attached hydrogens (tertiary/aromatic N) is 1. The lowest BCUT2D eigenvalue weighted by Crippen LogP contribution is -2.71. The van der Waals surface area contributed by atoms with Gasteiger partial charge in [0.05, 0.1) is 31.6 Å². The zero-order valence-electron chi connectivity index (χ0n) is 15.1. The number of phenols is 1. The van der Waals surface area contributed by atoms with E-state index in [1.165, 1.54) is 60.0 Å². The van der Waals surface area contributed by atoms with Gasteiger partial charge in [0.2, 0.25) is 0 Å². The Hall–Kier alpha value is -1.48. The summed E-state index contributed by atoms with van der Waals surface area (Å²) in [5.41, 5.74) is 3.91. The van der Waals surface area contributed by atoms with E-state index in [0.29, 0.717) is 17.7 Å². The fraction of sp³-hybridized carbons (Fsp3) is 0.636. The molecule has 6 rings (SSSR count). The van der Waals surface area contributed by atoms with Crippen LogP contribution in [0.15, 0.2) is 24.3 Å². The zero-order valence-corrected chi connectivity index (χ0v) is 15.1. The highest BCUT2D eigenvalue weighted by Crippen LogP contribution is 2.65. The van der Waals surface area contributed by atoms with Crippen LogP contribution in [-0.4, -0.2) is 41.9 Å². The lowest BCUT2D eigenvalue weighted by atomic mass is 9.50. The molecule has 2 aliphatic heterocycles. The molecule has 2 heterocycles. The molecule has 0 amide bonds. The van der Waals surface area contributed by atoms with E-state index in [9.17, 15) is 5.11 Å². The average molecular weight is 338 g/mol. The van der Waals surface area contributed by atoms with Gasteiger partial charge in [-0.3, -0.25) is 0 Å². The molecule has 5 atom stereocenters.